The number of hydrogen-bond donors (Lipinski definition) is 2. The molecule has 110 valence electrons. The molecule has 20 heavy (non-hydrogen) atoms. The molecular weight excluding hydrogens is 254 g/mol. The summed E-state index contributed by atoms with van der Waals surface area (Å²) in [6.45, 7) is 4.27. The predicted octanol–water partition coefficient (Wildman–Crippen LogP) is 1.69. The van der Waals surface area contributed by atoms with Crippen LogP contribution >= 0.6 is 0 Å². The number of carbonyl (C=O) groups is 1. The van der Waals surface area contributed by atoms with E-state index in [2.05, 4.69) is 4.98 Å². The van der Waals surface area contributed by atoms with E-state index in [1.807, 2.05) is 6.92 Å². The molecular formula is C15H23N3O2. The van der Waals surface area contributed by atoms with Crippen molar-refractivity contribution in [3.05, 3.63) is 23.0 Å². The van der Waals surface area contributed by atoms with Crippen molar-refractivity contribution in [1.82, 2.24) is 4.98 Å². The smallest absolute Gasteiger partial charge is 0.254 e. The Labute approximate surface area is 119 Å². The molecule has 1 aliphatic carbocycles. The second-order valence-electron chi connectivity index (χ2n) is 5.52. The molecule has 1 aliphatic rings. The highest BCUT2D eigenvalue weighted by Gasteiger charge is 2.27. The molecule has 1 amide bonds. The Morgan fingerprint density at radius 1 is 1.40 bits per heavy atom. The summed E-state index contributed by atoms with van der Waals surface area (Å²) >= 11 is 0. The van der Waals surface area contributed by atoms with Gasteiger partial charge in [0.25, 0.3) is 5.91 Å². The average Bonchev–Trinajstić information content (AvgIpc) is 2.38. The maximum atomic E-state index is 11.6. The molecule has 1 fully saturated rings. The molecule has 1 heterocycles. The van der Waals surface area contributed by atoms with Crippen molar-refractivity contribution in [2.24, 2.45) is 17.4 Å². The summed E-state index contributed by atoms with van der Waals surface area (Å²) in [6.07, 6.45) is 4.44. The SMILES string of the molecule is Cc1cc(OC2CCCCC2CN)c(C(N)=O)c(C)n1. The van der Waals surface area contributed by atoms with Gasteiger partial charge in [-0.15, -0.1) is 0 Å². The number of nitrogens with zero attached hydrogens (tertiary/aromatic N) is 1. The molecule has 2 unspecified atom stereocenters. The fourth-order valence-corrected chi connectivity index (χ4v) is 2.95. The van der Waals surface area contributed by atoms with E-state index >= 15 is 0 Å². The zero-order chi connectivity index (χ0) is 14.7. The molecule has 5 heteroatoms. The van der Waals surface area contributed by atoms with E-state index in [-0.39, 0.29) is 6.10 Å². The standard InChI is InChI=1S/C15H23N3O2/c1-9-7-13(14(15(17)19)10(2)18-9)20-12-6-4-3-5-11(12)8-16/h7,11-12H,3-6,8,16H2,1-2H3,(H2,17,19). The van der Waals surface area contributed by atoms with Crippen LogP contribution in [0.1, 0.15) is 47.4 Å². The summed E-state index contributed by atoms with van der Waals surface area (Å²) in [7, 11) is 0. The van der Waals surface area contributed by atoms with Gasteiger partial charge in [0, 0.05) is 17.7 Å². The quantitative estimate of drug-likeness (QED) is 0.876. The number of nitrogens with two attached hydrogens (primary N) is 2. The van der Waals surface area contributed by atoms with Crippen LogP contribution in [-0.4, -0.2) is 23.5 Å². The minimum absolute atomic E-state index is 0.0630. The lowest BCUT2D eigenvalue weighted by molar-refractivity contribution is 0.0904. The van der Waals surface area contributed by atoms with Gasteiger partial charge in [-0.05, 0) is 39.7 Å². The van der Waals surface area contributed by atoms with Gasteiger partial charge in [0.15, 0.2) is 0 Å². The molecule has 0 radical (unpaired) electrons. The van der Waals surface area contributed by atoms with Gasteiger partial charge in [0.2, 0.25) is 0 Å². The highest BCUT2D eigenvalue weighted by Crippen LogP contribution is 2.30. The normalized spacial score (nSPS) is 22.6. The van der Waals surface area contributed by atoms with Crippen LogP contribution in [0.4, 0.5) is 0 Å². The van der Waals surface area contributed by atoms with Crippen LogP contribution < -0.4 is 16.2 Å². The molecule has 1 aromatic rings. The third-order valence-corrected chi connectivity index (χ3v) is 3.96. The highest BCUT2D eigenvalue weighted by molar-refractivity contribution is 5.96. The van der Waals surface area contributed by atoms with Crippen LogP contribution in [0.3, 0.4) is 0 Å². The number of rotatable bonds is 4. The molecule has 0 saturated heterocycles. The van der Waals surface area contributed by atoms with Crippen LogP contribution in [0.15, 0.2) is 6.07 Å². The van der Waals surface area contributed by atoms with Crippen LogP contribution in [0.2, 0.25) is 0 Å². The monoisotopic (exact) mass is 277 g/mol. The molecule has 0 aromatic carbocycles. The van der Waals surface area contributed by atoms with E-state index in [4.69, 9.17) is 16.2 Å². The topological polar surface area (TPSA) is 91.2 Å². The van der Waals surface area contributed by atoms with Gasteiger partial charge >= 0.3 is 0 Å². The van der Waals surface area contributed by atoms with E-state index in [0.717, 1.165) is 25.0 Å². The van der Waals surface area contributed by atoms with E-state index < -0.39 is 5.91 Å². The lowest BCUT2D eigenvalue weighted by Crippen LogP contribution is -2.35. The van der Waals surface area contributed by atoms with Crippen LogP contribution in [0.5, 0.6) is 5.75 Å². The molecule has 1 saturated carbocycles. The number of hydrogen-bond acceptors (Lipinski definition) is 4. The lowest BCUT2D eigenvalue weighted by Gasteiger charge is -2.31. The summed E-state index contributed by atoms with van der Waals surface area (Å²) < 4.78 is 6.09. The van der Waals surface area contributed by atoms with Crippen LogP contribution in [-0.2, 0) is 0 Å². The lowest BCUT2D eigenvalue weighted by atomic mass is 9.86. The Balaban J connectivity index is 2.30. The van der Waals surface area contributed by atoms with Crippen molar-refractivity contribution < 1.29 is 9.53 Å². The number of carbonyl (C=O) groups excluding carboxylic acids is 1. The first-order valence-electron chi connectivity index (χ1n) is 7.17. The summed E-state index contributed by atoms with van der Waals surface area (Å²) in [5.41, 5.74) is 13.1. The van der Waals surface area contributed by atoms with Crippen molar-refractivity contribution in [1.29, 1.82) is 0 Å². The second kappa shape index (κ2) is 6.22. The van der Waals surface area contributed by atoms with Gasteiger partial charge in [-0.1, -0.05) is 6.42 Å². The molecule has 0 spiro atoms. The summed E-state index contributed by atoms with van der Waals surface area (Å²) in [5, 5.41) is 0. The van der Waals surface area contributed by atoms with Gasteiger partial charge in [-0.2, -0.15) is 0 Å². The van der Waals surface area contributed by atoms with Crippen molar-refractivity contribution in [3.63, 3.8) is 0 Å². The minimum atomic E-state index is -0.495. The van der Waals surface area contributed by atoms with Gasteiger partial charge in [0.05, 0.1) is 5.69 Å². The van der Waals surface area contributed by atoms with Gasteiger partial charge in [-0.25, -0.2) is 0 Å². The third-order valence-electron chi connectivity index (χ3n) is 3.96. The van der Waals surface area contributed by atoms with Crippen molar-refractivity contribution in [2.75, 3.05) is 6.54 Å². The summed E-state index contributed by atoms with van der Waals surface area (Å²) in [5.74, 6) is 0.399. The Morgan fingerprint density at radius 2 is 2.10 bits per heavy atom. The fourth-order valence-electron chi connectivity index (χ4n) is 2.95. The molecule has 4 N–H and O–H groups in total. The molecule has 2 rings (SSSR count). The summed E-state index contributed by atoms with van der Waals surface area (Å²) in [4.78, 5) is 15.9. The number of amides is 1. The second-order valence-corrected chi connectivity index (χ2v) is 5.52. The molecule has 1 aromatic heterocycles. The van der Waals surface area contributed by atoms with E-state index in [1.54, 1.807) is 13.0 Å². The average molecular weight is 277 g/mol. The molecule has 5 nitrogen and oxygen atoms in total. The zero-order valence-corrected chi connectivity index (χ0v) is 12.2. The molecule has 2 atom stereocenters. The first kappa shape index (κ1) is 14.8. The minimum Gasteiger partial charge on any atom is -0.489 e. The van der Waals surface area contributed by atoms with Gasteiger partial charge in [0.1, 0.15) is 17.4 Å². The van der Waals surface area contributed by atoms with Gasteiger partial charge < -0.3 is 16.2 Å². The number of primary amides is 1. The molecule has 0 bridgehead atoms. The largest absolute Gasteiger partial charge is 0.489 e. The van der Waals surface area contributed by atoms with E-state index in [1.165, 1.54) is 6.42 Å². The third kappa shape index (κ3) is 3.10. The Morgan fingerprint density at radius 3 is 2.75 bits per heavy atom. The Kier molecular flexibility index (Phi) is 4.60. The number of aromatic nitrogens is 1. The first-order chi connectivity index (χ1) is 9.52. The zero-order valence-electron chi connectivity index (χ0n) is 12.2. The highest BCUT2D eigenvalue weighted by atomic mass is 16.5. The summed E-state index contributed by atoms with van der Waals surface area (Å²) in [6, 6.07) is 1.79. The van der Waals surface area contributed by atoms with Crippen molar-refractivity contribution in [2.45, 2.75) is 45.6 Å². The molecule has 0 aliphatic heterocycles. The number of pyridine rings is 1. The Bertz CT molecular complexity index is 502. The van der Waals surface area contributed by atoms with Crippen molar-refractivity contribution in [3.8, 4) is 5.75 Å². The van der Waals surface area contributed by atoms with Crippen LogP contribution in [0.25, 0.3) is 0 Å². The fraction of sp³-hybridized carbons (Fsp3) is 0.600. The maximum absolute atomic E-state index is 11.6. The van der Waals surface area contributed by atoms with Crippen molar-refractivity contribution >= 4 is 5.91 Å². The Hall–Kier alpha value is -1.62. The van der Waals surface area contributed by atoms with E-state index in [0.29, 0.717) is 29.5 Å². The van der Waals surface area contributed by atoms with Crippen LogP contribution in [0, 0.1) is 19.8 Å². The predicted molar refractivity (Wildman–Crippen MR) is 77.7 cm³/mol. The number of aryl methyl sites for hydroxylation is 2. The maximum Gasteiger partial charge on any atom is 0.254 e. The van der Waals surface area contributed by atoms with Gasteiger partial charge in [-0.3, -0.25) is 9.78 Å². The first-order valence-corrected chi connectivity index (χ1v) is 7.17. The van der Waals surface area contributed by atoms with E-state index in [9.17, 15) is 4.79 Å². The number of ether oxygens (including phenoxy) is 1.